The molecule has 0 saturated heterocycles. The van der Waals surface area contributed by atoms with Crippen molar-refractivity contribution in [1.82, 2.24) is 4.98 Å². The Labute approximate surface area is 154 Å². The second-order valence-electron chi connectivity index (χ2n) is 5.57. The fraction of sp³-hybridized carbons (Fsp3) is 0.150. The zero-order valence-corrected chi connectivity index (χ0v) is 14.9. The van der Waals surface area contributed by atoms with Gasteiger partial charge in [-0.1, -0.05) is 19.1 Å². The lowest BCUT2D eigenvalue weighted by molar-refractivity contribution is 0.403. The Bertz CT molecular complexity index is 895. The molecule has 0 unspecified atom stereocenters. The average Bonchev–Trinajstić information content (AvgIpc) is 2.63. The number of hydrogen-bond donors (Lipinski definition) is 1. The van der Waals surface area contributed by atoms with E-state index in [1.54, 1.807) is 30.1 Å². The first-order valence-corrected chi connectivity index (χ1v) is 9.11. The molecule has 3 nitrogen and oxygen atoms in total. The molecule has 0 atom stereocenters. The third-order valence-corrected chi connectivity index (χ3v) is 4.77. The van der Waals surface area contributed by atoms with E-state index in [0.717, 1.165) is 17.2 Å². The molecule has 0 aliphatic carbocycles. The molecule has 134 valence electrons. The van der Waals surface area contributed by atoms with Crippen LogP contribution in [-0.2, 0) is 0 Å². The average molecular weight is 373 g/mol. The molecule has 0 amide bonds. The zero-order valence-electron chi connectivity index (χ0n) is 14.1. The molecule has 1 N–H and O–H groups in total. The highest BCUT2D eigenvalue weighted by atomic mass is 32.2. The van der Waals surface area contributed by atoms with Gasteiger partial charge >= 0.3 is 0 Å². The van der Waals surface area contributed by atoms with E-state index in [-0.39, 0.29) is 11.5 Å². The Balaban J connectivity index is 1.95. The first-order valence-electron chi connectivity index (χ1n) is 8.12. The fourth-order valence-corrected chi connectivity index (χ4v) is 3.28. The predicted molar refractivity (Wildman–Crippen MR) is 98.8 cm³/mol. The van der Waals surface area contributed by atoms with Crippen LogP contribution in [0.15, 0.2) is 59.8 Å². The first-order chi connectivity index (χ1) is 12.6. The summed E-state index contributed by atoms with van der Waals surface area (Å²) in [4.78, 5) is 4.31. The van der Waals surface area contributed by atoms with E-state index in [0.29, 0.717) is 11.1 Å². The summed E-state index contributed by atoms with van der Waals surface area (Å²) in [6.07, 6.45) is 2.63. The fourth-order valence-electron chi connectivity index (χ4n) is 2.40. The summed E-state index contributed by atoms with van der Waals surface area (Å²) < 4.78 is 34.3. The van der Waals surface area contributed by atoms with Gasteiger partial charge in [-0.05, 0) is 48.1 Å². The lowest BCUT2D eigenvalue weighted by Crippen LogP contribution is -1.95. The summed E-state index contributed by atoms with van der Waals surface area (Å²) in [7, 11) is 0. The van der Waals surface area contributed by atoms with Crippen molar-refractivity contribution >= 4 is 11.8 Å². The smallest absolute Gasteiger partial charge is 0.198 e. The van der Waals surface area contributed by atoms with Crippen molar-refractivity contribution in [2.24, 2.45) is 0 Å². The van der Waals surface area contributed by atoms with Gasteiger partial charge in [0.25, 0.3) is 0 Å². The lowest BCUT2D eigenvalue weighted by Gasteiger charge is -2.12. The van der Waals surface area contributed by atoms with Crippen LogP contribution in [0.25, 0.3) is 11.1 Å². The van der Waals surface area contributed by atoms with Gasteiger partial charge in [0.05, 0.1) is 0 Å². The second kappa shape index (κ2) is 8.19. The topological polar surface area (TPSA) is 42.4 Å². The molecule has 0 fully saturated rings. The molecule has 3 rings (SSSR count). The standard InChI is InChI=1S/C20H17F2NO2S/c1-2-9-26-20-16(7-4-8-23-20)13-10-17(21)19(18(22)11-13)25-15-6-3-5-14(24)12-15/h3-8,10-12,24H,2,9H2,1H3. The molecule has 2 aromatic carbocycles. The normalized spacial score (nSPS) is 10.7. The molecule has 0 aliphatic heterocycles. The highest BCUT2D eigenvalue weighted by Gasteiger charge is 2.17. The van der Waals surface area contributed by atoms with E-state index < -0.39 is 17.4 Å². The van der Waals surface area contributed by atoms with Crippen LogP contribution < -0.4 is 4.74 Å². The molecular weight excluding hydrogens is 356 g/mol. The number of phenols is 1. The summed E-state index contributed by atoms with van der Waals surface area (Å²) in [6.45, 7) is 2.06. The van der Waals surface area contributed by atoms with E-state index in [1.807, 2.05) is 0 Å². The number of thioether (sulfide) groups is 1. The number of hydrogen-bond acceptors (Lipinski definition) is 4. The number of phenolic OH excluding ortho intramolecular Hbond substituents is 1. The Morgan fingerprint density at radius 3 is 2.54 bits per heavy atom. The van der Waals surface area contributed by atoms with Gasteiger partial charge in [0.1, 0.15) is 16.5 Å². The predicted octanol–water partition coefficient (Wildman–Crippen LogP) is 6.03. The maximum atomic E-state index is 14.5. The van der Waals surface area contributed by atoms with Crippen LogP contribution in [0.3, 0.4) is 0 Å². The molecule has 1 aromatic heterocycles. The minimum Gasteiger partial charge on any atom is -0.508 e. The molecule has 0 bridgehead atoms. The minimum absolute atomic E-state index is 0.0483. The summed E-state index contributed by atoms with van der Waals surface area (Å²) in [5, 5.41) is 10.2. The number of nitrogens with zero attached hydrogens (tertiary/aromatic N) is 1. The highest BCUT2D eigenvalue weighted by Crippen LogP contribution is 2.35. The van der Waals surface area contributed by atoms with Crippen molar-refractivity contribution in [1.29, 1.82) is 0 Å². The Morgan fingerprint density at radius 1 is 1.08 bits per heavy atom. The summed E-state index contributed by atoms with van der Waals surface area (Å²) >= 11 is 1.55. The summed E-state index contributed by atoms with van der Waals surface area (Å²) in [6, 6.07) is 11.7. The van der Waals surface area contributed by atoms with Gasteiger partial charge in [-0.15, -0.1) is 11.8 Å². The van der Waals surface area contributed by atoms with Crippen molar-refractivity contribution < 1.29 is 18.6 Å². The van der Waals surface area contributed by atoms with Gasteiger partial charge in [-0.3, -0.25) is 0 Å². The van der Waals surface area contributed by atoms with Crippen molar-refractivity contribution in [3.8, 4) is 28.4 Å². The molecule has 0 aliphatic rings. The first kappa shape index (κ1) is 18.2. The van der Waals surface area contributed by atoms with Gasteiger partial charge in [0.15, 0.2) is 17.4 Å². The zero-order chi connectivity index (χ0) is 18.5. The van der Waals surface area contributed by atoms with E-state index >= 15 is 0 Å². The quantitative estimate of drug-likeness (QED) is 0.536. The van der Waals surface area contributed by atoms with Crippen molar-refractivity contribution in [3.63, 3.8) is 0 Å². The third kappa shape index (κ3) is 4.14. The monoisotopic (exact) mass is 373 g/mol. The van der Waals surface area contributed by atoms with Crippen LogP contribution in [0.4, 0.5) is 8.78 Å². The second-order valence-corrected chi connectivity index (χ2v) is 6.66. The van der Waals surface area contributed by atoms with Crippen LogP contribution in [0.5, 0.6) is 17.2 Å². The van der Waals surface area contributed by atoms with Gasteiger partial charge in [-0.25, -0.2) is 13.8 Å². The number of benzene rings is 2. The van der Waals surface area contributed by atoms with Crippen LogP contribution in [0, 0.1) is 11.6 Å². The number of aromatic nitrogens is 1. The molecule has 26 heavy (non-hydrogen) atoms. The molecule has 6 heteroatoms. The van der Waals surface area contributed by atoms with E-state index in [2.05, 4.69) is 11.9 Å². The van der Waals surface area contributed by atoms with Gasteiger partial charge in [0.2, 0.25) is 0 Å². The number of pyridine rings is 1. The van der Waals surface area contributed by atoms with E-state index in [1.165, 1.54) is 36.4 Å². The Morgan fingerprint density at radius 2 is 1.85 bits per heavy atom. The number of rotatable bonds is 6. The SMILES string of the molecule is CCCSc1ncccc1-c1cc(F)c(Oc2cccc(O)c2)c(F)c1. The van der Waals surface area contributed by atoms with Gasteiger partial charge in [-0.2, -0.15) is 0 Å². The van der Waals surface area contributed by atoms with Crippen LogP contribution >= 0.6 is 11.8 Å². The van der Waals surface area contributed by atoms with Crippen molar-refractivity contribution in [2.45, 2.75) is 18.4 Å². The minimum atomic E-state index is -0.821. The third-order valence-electron chi connectivity index (χ3n) is 3.56. The molecule has 0 radical (unpaired) electrons. The molecule has 3 aromatic rings. The van der Waals surface area contributed by atoms with Gasteiger partial charge in [0, 0.05) is 17.8 Å². The molecular formula is C20H17F2NO2S. The molecule has 0 spiro atoms. The van der Waals surface area contributed by atoms with Crippen molar-refractivity contribution in [3.05, 3.63) is 66.4 Å². The molecule has 1 heterocycles. The van der Waals surface area contributed by atoms with Gasteiger partial charge < -0.3 is 9.84 Å². The largest absolute Gasteiger partial charge is 0.508 e. The number of aromatic hydroxyl groups is 1. The highest BCUT2D eigenvalue weighted by molar-refractivity contribution is 7.99. The number of ether oxygens (including phenoxy) is 1. The van der Waals surface area contributed by atoms with Crippen LogP contribution in [0.2, 0.25) is 0 Å². The van der Waals surface area contributed by atoms with E-state index in [4.69, 9.17) is 4.74 Å². The van der Waals surface area contributed by atoms with E-state index in [9.17, 15) is 13.9 Å². The Kier molecular flexibility index (Phi) is 5.73. The van der Waals surface area contributed by atoms with Crippen LogP contribution in [0.1, 0.15) is 13.3 Å². The number of halogens is 2. The summed E-state index contributed by atoms with van der Waals surface area (Å²) in [5.74, 6) is -1.18. The van der Waals surface area contributed by atoms with Crippen LogP contribution in [-0.4, -0.2) is 15.8 Å². The summed E-state index contributed by atoms with van der Waals surface area (Å²) in [5.41, 5.74) is 1.07. The Hall–Kier alpha value is -2.60. The molecule has 0 saturated carbocycles. The maximum absolute atomic E-state index is 14.5. The van der Waals surface area contributed by atoms with Crippen molar-refractivity contribution in [2.75, 3.05) is 5.75 Å². The maximum Gasteiger partial charge on any atom is 0.198 e. The lowest BCUT2D eigenvalue weighted by atomic mass is 10.1.